The first-order chi connectivity index (χ1) is 7.15. The van der Waals surface area contributed by atoms with Crippen molar-refractivity contribution in [2.75, 3.05) is 11.9 Å². The summed E-state index contributed by atoms with van der Waals surface area (Å²) in [6, 6.07) is 0.104. The summed E-state index contributed by atoms with van der Waals surface area (Å²) in [6.07, 6.45) is 3.41. The summed E-state index contributed by atoms with van der Waals surface area (Å²) >= 11 is 1.96. The van der Waals surface area contributed by atoms with E-state index in [4.69, 9.17) is 5.73 Å². The smallest absolute Gasteiger partial charge is 0.266 e. The molecule has 0 aliphatic heterocycles. The number of aromatic nitrogens is 2. The number of H-pyrrole nitrogens is 1. The number of nitrogens with one attached hydrogen (secondary N) is 2. The van der Waals surface area contributed by atoms with Crippen molar-refractivity contribution in [1.82, 2.24) is 9.97 Å². The van der Waals surface area contributed by atoms with Crippen LogP contribution in [0.2, 0.25) is 0 Å². The molecular formula is C9H15IN4O. The zero-order valence-electron chi connectivity index (χ0n) is 8.59. The van der Waals surface area contributed by atoms with Crippen LogP contribution in [0.5, 0.6) is 0 Å². The van der Waals surface area contributed by atoms with Gasteiger partial charge in [0, 0.05) is 12.6 Å². The lowest BCUT2D eigenvalue weighted by atomic mass is 10.2. The van der Waals surface area contributed by atoms with E-state index in [0.717, 1.165) is 12.8 Å². The molecule has 0 saturated heterocycles. The van der Waals surface area contributed by atoms with Gasteiger partial charge in [0.05, 0.1) is 6.33 Å². The van der Waals surface area contributed by atoms with Gasteiger partial charge in [0.2, 0.25) is 0 Å². The molecule has 1 heterocycles. The van der Waals surface area contributed by atoms with Gasteiger partial charge >= 0.3 is 0 Å². The van der Waals surface area contributed by atoms with Gasteiger partial charge in [-0.3, -0.25) is 4.79 Å². The lowest BCUT2D eigenvalue weighted by Crippen LogP contribution is -2.30. The molecule has 0 fully saturated rings. The number of aromatic amines is 1. The highest BCUT2D eigenvalue weighted by molar-refractivity contribution is 14.1. The molecule has 1 aromatic heterocycles. The molecule has 1 unspecified atom stereocenters. The van der Waals surface area contributed by atoms with Crippen molar-refractivity contribution in [1.29, 1.82) is 0 Å². The Morgan fingerprint density at radius 1 is 1.73 bits per heavy atom. The minimum atomic E-state index is -0.128. The van der Waals surface area contributed by atoms with Crippen molar-refractivity contribution in [2.24, 2.45) is 5.73 Å². The monoisotopic (exact) mass is 322 g/mol. The Morgan fingerprint density at radius 2 is 2.47 bits per heavy atom. The van der Waals surface area contributed by atoms with Crippen LogP contribution in [0.1, 0.15) is 19.8 Å². The average Bonchev–Trinajstić information content (AvgIpc) is 2.21. The molecule has 0 bridgehead atoms. The van der Waals surface area contributed by atoms with Crippen molar-refractivity contribution in [3.8, 4) is 0 Å². The molecule has 5 nitrogen and oxygen atoms in total. The third-order valence-electron chi connectivity index (χ3n) is 1.99. The molecule has 6 heteroatoms. The Morgan fingerprint density at radius 3 is 3.13 bits per heavy atom. The third-order valence-corrected chi connectivity index (χ3v) is 2.99. The molecule has 4 N–H and O–H groups in total. The maximum absolute atomic E-state index is 11.2. The van der Waals surface area contributed by atoms with Crippen LogP contribution in [-0.2, 0) is 0 Å². The molecule has 0 saturated carbocycles. The molecule has 1 aromatic rings. The summed E-state index contributed by atoms with van der Waals surface area (Å²) in [7, 11) is 0. The second-order valence-corrected chi connectivity index (χ2v) is 4.40. The van der Waals surface area contributed by atoms with Crippen molar-refractivity contribution in [3.63, 3.8) is 0 Å². The maximum Gasteiger partial charge on any atom is 0.266 e. The summed E-state index contributed by atoms with van der Waals surface area (Å²) in [4.78, 5) is 17.8. The fourth-order valence-electron chi connectivity index (χ4n) is 1.21. The maximum atomic E-state index is 11.2. The van der Waals surface area contributed by atoms with E-state index in [-0.39, 0.29) is 11.6 Å². The topological polar surface area (TPSA) is 83.8 Å². The highest BCUT2D eigenvalue weighted by Gasteiger charge is 2.06. The number of hydrogen-bond donors (Lipinski definition) is 3. The molecule has 1 atom stereocenters. The molecule has 1 rings (SSSR count). The molecule has 0 amide bonds. The SMILES string of the molecule is CCCC(N)CNc1nc[nH]c(=O)c1I. The predicted molar refractivity (Wildman–Crippen MR) is 68.9 cm³/mol. The Labute approximate surface area is 102 Å². The van der Waals surface area contributed by atoms with E-state index < -0.39 is 0 Å². The van der Waals surface area contributed by atoms with Crippen LogP contribution < -0.4 is 16.6 Å². The Bertz CT molecular complexity index is 365. The van der Waals surface area contributed by atoms with Crippen LogP contribution in [0.15, 0.2) is 11.1 Å². The number of halogens is 1. The molecule has 0 aliphatic rings. The first-order valence-corrected chi connectivity index (χ1v) is 5.95. The summed E-state index contributed by atoms with van der Waals surface area (Å²) in [5.74, 6) is 0.603. The van der Waals surface area contributed by atoms with E-state index in [1.165, 1.54) is 6.33 Å². The minimum Gasteiger partial charge on any atom is -0.367 e. The van der Waals surface area contributed by atoms with E-state index in [1.54, 1.807) is 0 Å². The van der Waals surface area contributed by atoms with Crippen LogP contribution in [0, 0.1) is 3.57 Å². The lowest BCUT2D eigenvalue weighted by Gasteiger charge is -2.12. The van der Waals surface area contributed by atoms with Crippen LogP contribution in [-0.4, -0.2) is 22.6 Å². The predicted octanol–water partition coefficient (Wildman–Crippen LogP) is 0.914. The standard InChI is InChI=1S/C9H15IN4O/c1-2-3-6(11)4-12-8-7(10)9(15)14-5-13-8/h5-6H,2-4,11H2,1H3,(H2,12,13,14,15). The lowest BCUT2D eigenvalue weighted by molar-refractivity contribution is 0.625. The Hall–Kier alpha value is -0.630. The van der Waals surface area contributed by atoms with Gasteiger partial charge in [-0.2, -0.15) is 0 Å². The van der Waals surface area contributed by atoms with Gasteiger partial charge in [-0.05, 0) is 29.0 Å². The molecule has 0 spiro atoms. The summed E-state index contributed by atoms with van der Waals surface area (Å²) in [5.41, 5.74) is 5.71. The summed E-state index contributed by atoms with van der Waals surface area (Å²) in [6.45, 7) is 2.73. The van der Waals surface area contributed by atoms with Crippen LogP contribution in [0.4, 0.5) is 5.82 Å². The Balaban J connectivity index is 2.58. The van der Waals surface area contributed by atoms with Crippen molar-refractivity contribution >= 4 is 28.4 Å². The van der Waals surface area contributed by atoms with Crippen LogP contribution >= 0.6 is 22.6 Å². The van der Waals surface area contributed by atoms with Gasteiger partial charge in [0.25, 0.3) is 5.56 Å². The summed E-state index contributed by atoms with van der Waals surface area (Å²) in [5, 5.41) is 3.07. The molecule has 0 aromatic carbocycles. The Kier molecular flexibility index (Phi) is 5.03. The number of rotatable bonds is 5. The van der Waals surface area contributed by atoms with Crippen molar-refractivity contribution < 1.29 is 0 Å². The fraction of sp³-hybridized carbons (Fsp3) is 0.556. The quantitative estimate of drug-likeness (QED) is 0.704. The van der Waals surface area contributed by atoms with E-state index >= 15 is 0 Å². The second kappa shape index (κ2) is 6.06. The summed E-state index contributed by atoms with van der Waals surface area (Å²) < 4.78 is 0.568. The van der Waals surface area contributed by atoms with E-state index in [2.05, 4.69) is 22.2 Å². The van der Waals surface area contributed by atoms with Gasteiger partial charge in [-0.25, -0.2) is 4.98 Å². The average molecular weight is 322 g/mol. The van der Waals surface area contributed by atoms with Gasteiger partial charge < -0.3 is 16.0 Å². The van der Waals surface area contributed by atoms with Crippen molar-refractivity contribution in [2.45, 2.75) is 25.8 Å². The highest BCUT2D eigenvalue weighted by atomic mass is 127. The zero-order valence-corrected chi connectivity index (χ0v) is 10.7. The largest absolute Gasteiger partial charge is 0.367 e. The molecule has 0 aliphatic carbocycles. The third kappa shape index (κ3) is 3.78. The highest BCUT2D eigenvalue weighted by Crippen LogP contribution is 2.08. The van der Waals surface area contributed by atoms with E-state index in [0.29, 0.717) is 15.9 Å². The molecular weight excluding hydrogens is 307 g/mol. The van der Waals surface area contributed by atoms with Crippen LogP contribution in [0.25, 0.3) is 0 Å². The zero-order chi connectivity index (χ0) is 11.3. The number of anilines is 1. The number of hydrogen-bond acceptors (Lipinski definition) is 4. The van der Waals surface area contributed by atoms with Gasteiger partial charge in [0.15, 0.2) is 0 Å². The van der Waals surface area contributed by atoms with Gasteiger partial charge in [-0.1, -0.05) is 13.3 Å². The van der Waals surface area contributed by atoms with E-state index in [9.17, 15) is 4.79 Å². The second-order valence-electron chi connectivity index (χ2n) is 3.32. The fourth-order valence-corrected chi connectivity index (χ4v) is 1.69. The van der Waals surface area contributed by atoms with Crippen molar-refractivity contribution in [3.05, 3.63) is 20.3 Å². The van der Waals surface area contributed by atoms with Gasteiger partial charge in [-0.15, -0.1) is 0 Å². The first-order valence-electron chi connectivity index (χ1n) is 4.87. The number of nitrogens with zero attached hydrogens (tertiary/aromatic N) is 1. The van der Waals surface area contributed by atoms with Gasteiger partial charge in [0.1, 0.15) is 9.39 Å². The molecule has 84 valence electrons. The first kappa shape index (κ1) is 12.4. The van der Waals surface area contributed by atoms with E-state index in [1.807, 2.05) is 22.6 Å². The molecule has 15 heavy (non-hydrogen) atoms. The molecule has 0 radical (unpaired) electrons. The minimum absolute atomic E-state index is 0.104. The number of nitrogens with two attached hydrogens (primary N) is 1. The van der Waals surface area contributed by atoms with Crippen LogP contribution in [0.3, 0.4) is 0 Å². The normalized spacial score (nSPS) is 12.5.